The second kappa shape index (κ2) is 12.8. The molecule has 0 radical (unpaired) electrons. The summed E-state index contributed by atoms with van der Waals surface area (Å²) in [6.07, 6.45) is -4.09. The van der Waals surface area contributed by atoms with Gasteiger partial charge in [0.2, 0.25) is 0 Å². The third-order valence-electron chi connectivity index (χ3n) is 7.14. The molecule has 1 atom stereocenters. The molecule has 0 spiro atoms. The van der Waals surface area contributed by atoms with E-state index in [2.05, 4.69) is 30.4 Å². The summed E-state index contributed by atoms with van der Waals surface area (Å²) in [4.78, 5) is 24.2. The minimum absolute atomic E-state index is 0.131. The van der Waals surface area contributed by atoms with Crippen LogP contribution in [0, 0.1) is 6.92 Å². The average Bonchev–Trinajstić information content (AvgIpc) is 3.25. The molecule has 4 aromatic rings. The molecule has 0 bridgehead atoms. The number of aromatic amines is 1. The van der Waals surface area contributed by atoms with Gasteiger partial charge in [0.1, 0.15) is 22.3 Å². The SMILES string of the molecule is Cc1cc(Oc2ccnc3[nH]c(Cl)c(Cl)c23)ccc1NC(=O)Nc1ccc(CN2CCN(C)CC2)c(C(F)C(F)F)c1. The highest BCUT2D eigenvalue weighted by Crippen LogP contribution is 2.38. The number of fused-ring (bicyclic) bond motifs is 1. The van der Waals surface area contributed by atoms with Crippen molar-refractivity contribution in [3.05, 3.63) is 75.5 Å². The van der Waals surface area contributed by atoms with Crippen LogP contribution >= 0.6 is 23.2 Å². The van der Waals surface area contributed by atoms with Gasteiger partial charge in [0.25, 0.3) is 6.43 Å². The van der Waals surface area contributed by atoms with Gasteiger partial charge in [-0.15, -0.1) is 0 Å². The number of piperazine rings is 1. The number of urea groups is 1. The first kappa shape index (κ1) is 30.0. The van der Waals surface area contributed by atoms with Crippen molar-refractivity contribution in [1.29, 1.82) is 0 Å². The molecule has 13 heteroatoms. The summed E-state index contributed by atoms with van der Waals surface area (Å²) in [7, 11) is 2.02. The van der Waals surface area contributed by atoms with Crippen molar-refractivity contribution in [1.82, 2.24) is 19.8 Å². The molecule has 1 saturated heterocycles. The summed E-state index contributed by atoms with van der Waals surface area (Å²) in [5.41, 5.74) is 2.21. The molecule has 0 aliphatic carbocycles. The topological polar surface area (TPSA) is 85.5 Å². The Labute approximate surface area is 250 Å². The van der Waals surface area contributed by atoms with E-state index in [0.29, 0.717) is 50.9 Å². The van der Waals surface area contributed by atoms with Crippen LogP contribution < -0.4 is 15.4 Å². The van der Waals surface area contributed by atoms with E-state index in [-0.39, 0.29) is 16.4 Å². The summed E-state index contributed by atoms with van der Waals surface area (Å²) < 4.78 is 47.4. The van der Waals surface area contributed by atoms with Crippen molar-refractivity contribution < 1.29 is 22.7 Å². The Bertz CT molecular complexity index is 1590. The molecule has 1 aliphatic rings. The lowest BCUT2D eigenvalue weighted by atomic mass is 10.0. The zero-order chi connectivity index (χ0) is 30.0. The van der Waals surface area contributed by atoms with Gasteiger partial charge in [-0.05, 0) is 67.1 Å². The van der Waals surface area contributed by atoms with Crippen LogP contribution in [0.4, 0.5) is 29.3 Å². The number of aromatic nitrogens is 2. The number of H-pyrrole nitrogens is 1. The standard InChI is InChI=1S/C29H29Cl2F3N6O2/c1-16-13-19(42-22-7-8-35-28-23(22)24(30)26(31)38-28)5-6-21(16)37-29(41)36-18-4-3-17(20(14-18)25(32)27(33)34)15-40-11-9-39(2)10-12-40/h3-8,13-14,25,27H,9-12,15H2,1-2H3,(H,35,38)(H2,36,37,41). The number of hydrogen-bond donors (Lipinski definition) is 3. The maximum absolute atomic E-state index is 14.6. The Morgan fingerprint density at radius 2 is 1.83 bits per heavy atom. The number of pyridine rings is 1. The number of benzene rings is 2. The minimum atomic E-state index is -3.18. The van der Waals surface area contributed by atoms with Gasteiger partial charge in [-0.1, -0.05) is 29.3 Å². The molecular formula is C29H29Cl2F3N6O2. The van der Waals surface area contributed by atoms with E-state index >= 15 is 0 Å². The number of halogens is 5. The van der Waals surface area contributed by atoms with Crippen molar-refractivity contribution in [2.24, 2.45) is 0 Å². The summed E-state index contributed by atoms with van der Waals surface area (Å²) >= 11 is 12.4. The highest BCUT2D eigenvalue weighted by Gasteiger charge is 2.26. The molecule has 42 heavy (non-hydrogen) atoms. The molecular weight excluding hydrogens is 592 g/mol. The molecule has 222 valence electrons. The van der Waals surface area contributed by atoms with Gasteiger partial charge >= 0.3 is 6.03 Å². The van der Waals surface area contributed by atoms with Crippen LogP contribution in [0.5, 0.6) is 11.5 Å². The Balaban J connectivity index is 1.27. The molecule has 1 fully saturated rings. The fraction of sp³-hybridized carbons (Fsp3) is 0.310. The number of ether oxygens (including phenoxy) is 1. The number of amides is 2. The molecule has 2 aromatic carbocycles. The van der Waals surface area contributed by atoms with Gasteiger partial charge in [-0.3, -0.25) is 4.90 Å². The Morgan fingerprint density at radius 1 is 1.07 bits per heavy atom. The number of anilines is 2. The molecule has 5 rings (SSSR count). The fourth-order valence-electron chi connectivity index (χ4n) is 4.81. The van der Waals surface area contributed by atoms with Crippen LogP contribution in [0.1, 0.15) is 22.9 Å². The number of carbonyl (C=O) groups excluding carboxylic acids is 1. The fourth-order valence-corrected chi connectivity index (χ4v) is 5.23. The summed E-state index contributed by atoms with van der Waals surface area (Å²) in [6, 6.07) is 10.6. The van der Waals surface area contributed by atoms with Crippen LogP contribution in [-0.2, 0) is 6.54 Å². The lowest BCUT2D eigenvalue weighted by molar-refractivity contribution is 0.0484. The first-order valence-electron chi connectivity index (χ1n) is 13.2. The van der Waals surface area contributed by atoms with Crippen LogP contribution in [0.2, 0.25) is 10.2 Å². The van der Waals surface area contributed by atoms with Crippen LogP contribution in [0.3, 0.4) is 0 Å². The number of hydrogen-bond acceptors (Lipinski definition) is 5. The summed E-state index contributed by atoms with van der Waals surface area (Å²) in [5.74, 6) is 0.939. The average molecular weight is 621 g/mol. The largest absolute Gasteiger partial charge is 0.456 e. The lowest BCUT2D eigenvalue weighted by Crippen LogP contribution is -2.44. The molecule has 3 heterocycles. The maximum Gasteiger partial charge on any atom is 0.323 e. The number of aryl methyl sites for hydroxylation is 1. The van der Waals surface area contributed by atoms with Crippen molar-refractivity contribution in [3.63, 3.8) is 0 Å². The first-order chi connectivity index (χ1) is 20.1. The lowest BCUT2D eigenvalue weighted by Gasteiger charge is -2.33. The van der Waals surface area contributed by atoms with E-state index in [4.69, 9.17) is 27.9 Å². The smallest absolute Gasteiger partial charge is 0.323 e. The summed E-state index contributed by atoms with van der Waals surface area (Å²) in [6.45, 7) is 5.35. The van der Waals surface area contributed by atoms with E-state index in [1.807, 2.05) is 7.05 Å². The summed E-state index contributed by atoms with van der Waals surface area (Å²) in [5, 5.41) is 6.45. The van der Waals surface area contributed by atoms with Gasteiger partial charge in [-0.25, -0.2) is 22.9 Å². The number of likely N-dealkylation sites (N-methyl/N-ethyl adjacent to an activating group) is 1. The molecule has 2 amide bonds. The highest BCUT2D eigenvalue weighted by molar-refractivity contribution is 6.45. The van der Waals surface area contributed by atoms with Crippen molar-refractivity contribution in [2.45, 2.75) is 26.1 Å². The number of nitrogens with zero attached hydrogens (tertiary/aromatic N) is 3. The van der Waals surface area contributed by atoms with Gasteiger partial charge in [0.05, 0.1) is 10.4 Å². The number of nitrogens with one attached hydrogen (secondary N) is 3. The van der Waals surface area contributed by atoms with Crippen LogP contribution in [0.15, 0.2) is 48.7 Å². The molecule has 0 saturated carbocycles. The van der Waals surface area contributed by atoms with Gasteiger partial charge in [0.15, 0.2) is 6.17 Å². The molecule has 3 N–H and O–H groups in total. The van der Waals surface area contributed by atoms with Gasteiger partial charge in [0, 0.05) is 50.3 Å². The Kier molecular flexibility index (Phi) is 9.12. The third kappa shape index (κ3) is 6.75. The van der Waals surface area contributed by atoms with E-state index in [1.54, 1.807) is 49.5 Å². The number of rotatable bonds is 8. The third-order valence-corrected chi connectivity index (χ3v) is 7.90. The number of alkyl halides is 3. The second-order valence-electron chi connectivity index (χ2n) is 10.2. The van der Waals surface area contributed by atoms with E-state index in [0.717, 1.165) is 26.2 Å². The minimum Gasteiger partial charge on any atom is -0.456 e. The zero-order valence-electron chi connectivity index (χ0n) is 22.9. The van der Waals surface area contributed by atoms with Gasteiger partial charge < -0.3 is 25.3 Å². The van der Waals surface area contributed by atoms with Crippen molar-refractivity contribution in [2.75, 3.05) is 43.9 Å². The molecule has 2 aromatic heterocycles. The predicted octanol–water partition coefficient (Wildman–Crippen LogP) is 7.64. The van der Waals surface area contributed by atoms with E-state index in [9.17, 15) is 18.0 Å². The molecule has 1 unspecified atom stereocenters. The Morgan fingerprint density at radius 3 is 2.55 bits per heavy atom. The first-order valence-corrected chi connectivity index (χ1v) is 14.0. The normalized spacial score (nSPS) is 15.2. The Hall–Kier alpha value is -3.51. The second-order valence-corrected chi connectivity index (χ2v) is 10.9. The van der Waals surface area contributed by atoms with E-state index < -0.39 is 18.6 Å². The quantitative estimate of drug-likeness (QED) is 0.188. The van der Waals surface area contributed by atoms with Crippen LogP contribution in [0.25, 0.3) is 11.0 Å². The molecule has 8 nitrogen and oxygen atoms in total. The van der Waals surface area contributed by atoms with Gasteiger partial charge in [-0.2, -0.15) is 0 Å². The zero-order valence-corrected chi connectivity index (χ0v) is 24.4. The van der Waals surface area contributed by atoms with Crippen LogP contribution in [-0.4, -0.2) is 65.5 Å². The maximum atomic E-state index is 14.6. The predicted molar refractivity (Wildman–Crippen MR) is 159 cm³/mol. The molecule has 1 aliphatic heterocycles. The van der Waals surface area contributed by atoms with Crippen molar-refractivity contribution >= 4 is 51.6 Å². The highest BCUT2D eigenvalue weighted by atomic mass is 35.5. The number of carbonyl (C=O) groups is 1. The van der Waals surface area contributed by atoms with Crippen molar-refractivity contribution in [3.8, 4) is 11.5 Å². The monoisotopic (exact) mass is 620 g/mol. The van der Waals surface area contributed by atoms with E-state index in [1.165, 1.54) is 6.07 Å².